The van der Waals surface area contributed by atoms with Crippen molar-refractivity contribution in [3.05, 3.63) is 76.7 Å². The number of sulfone groups is 1. The molecular weight excluding hydrogens is 782 g/mol. The van der Waals surface area contributed by atoms with Gasteiger partial charge < -0.3 is 14.9 Å². The number of aryl methyl sites for hydroxylation is 1. The van der Waals surface area contributed by atoms with Crippen LogP contribution in [-0.4, -0.2) is 94.5 Å². The van der Waals surface area contributed by atoms with Crippen LogP contribution in [0.5, 0.6) is 0 Å². The van der Waals surface area contributed by atoms with E-state index in [0.29, 0.717) is 47.6 Å². The number of hydrogen-bond acceptors (Lipinski definition) is 6. The molecule has 0 saturated carbocycles. The molecule has 2 saturated heterocycles. The van der Waals surface area contributed by atoms with Crippen molar-refractivity contribution in [1.82, 2.24) is 9.88 Å². The highest BCUT2D eigenvalue weighted by Gasteiger charge is 2.51. The molecule has 1 aromatic heterocycles. The highest BCUT2D eigenvalue weighted by molar-refractivity contribution is 7.91. The maximum Gasteiger partial charge on any atom is 0.416 e. The van der Waals surface area contributed by atoms with Crippen molar-refractivity contribution in [2.75, 3.05) is 48.0 Å². The van der Waals surface area contributed by atoms with Crippen LogP contribution in [0.2, 0.25) is 18.1 Å². The number of likely N-dealkylation sites (N-methyl/N-ethyl adjacent to an activating group) is 1. The van der Waals surface area contributed by atoms with Crippen LogP contribution in [0.1, 0.15) is 56.4 Å². The van der Waals surface area contributed by atoms with Gasteiger partial charge in [-0.25, -0.2) is 17.8 Å². The number of rotatable bonds is 9. The molecule has 56 heavy (non-hydrogen) atoms. The summed E-state index contributed by atoms with van der Waals surface area (Å²) in [5.41, 5.74) is -4.06. The number of hydrogen-bond donors (Lipinski definition) is 0. The van der Waals surface area contributed by atoms with Crippen molar-refractivity contribution in [2.45, 2.75) is 95.1 Å². The smallest absolute Gasteiger partial charge is 0.416 e. The van der Waals surface area contributed by atoms with Crippen LogP contribution in [0.3, 0.4) is 0 Å². The third kappa shape index (κ3) is 8.80. The molecule has 2 unspecified atom stereocenters. The standard InChI is InChI=1S/C39H48F7N4O4SSi/c1-23-13-27(40)9-10-29(23)30-17-34(50-20-28-22-55(53,54)12-11-49(28)31(33(50)21-51)18-36(2,3)56(7)8)47-19-32(30)48(6)35(52)37(4,5)24-14-25(38(41,42)43)16-26(15-24)39(44,45)46/h9-10,13-17,19,28,31,33,51H,11-12,18,20-22H2,1-8H3/q+1/p+1/t28?,31?,33-/m0/s1. The SMILES string of the molecule is Cc1cc(F)ccc1-c1cc(N2CC3CS(=O)(=O)CCN3C(CC(C)(C)[Si+](C)C)[C@@H]2C[OH2+])ncc1N(C)C(=O)C(C)(C)c1cc(C(F)(F)F)cc(C(F)(F)F)c1. The highest BCUT2D eigenvalue weighted by atomic mass is 32.2. The van der Waals surface area contributed by atoms with Gasteiger partial charge in [-0.1, -0.05) is 6.07 Å². The predicted octanol–water partition coefficient (Wildman–Crippen LogP) is 7.48. The molecule has 8 nitrogen and oxygen atoms in total. The Balaban J connectivity index is 1.64. The minimum atomic E-state index is -5.12. The zero-order valence-electron chi connectivity index (χ0n) is 32.7. The topological polar surface area (TPSA) is 96.7 Å². The van der Waals surface area contributed by atoms with Crippen molar-refractivity contribution >= 4 is 36.0 Å². The van der Waals surface area contributed by atoms with Gasteiger partial charge in [-0.2, -0.15) is 26.3 Å². The van der Waals surface area contributed by atoms with Gasteiger partial charge in [0.15, 0.2) is 16.4 Å². The van der Waals surface area contributed by atoms with Crippen molar-refractivity contribution in [3.63, 3.8) is 0 Å². The van der Waals surface area contributed by atoms with E-state index in [2.05, 4.69) is 31.8 Å². The van der Waals surface area contributed by atoms with E-state index in [-0.39, 0.29) is 47.5 Å². The first-order valence-electron chi connectivity index (χ1n) is 18.2. The molecule has 0 spiro atoms. The van der Waals surface area contributed by atoms with E-state index in [9.17, 15) is 43.9 Å². The van der Waals surface area contributed by atoms with Gasteiger partial charge in [-0.05, 0) is 94.1 Å². The number of carbonyl (C=O) groups excluding carboxylic acids is 1. The molecule has 5 rings (SSSR count). The maximum absolute atomic E-state index is 14.4. The first kappa shape index (κ1) is 43.6. The Morgan fingerprint density at radius 2 is 1.52 bits per heavy atom. The summed E-state index contributed by atoms with van der Waals surface area (Å²) < 4.78 is 123. The summed E-state index contributed by atoms with van der Waals surface area (Å²) in [4.78, 5) is 24.4. The molecule has 2 aliphatic heterocycles. The number of amides is 1. The van der Waals surface area contributed by atoms with Gasteiger partial charge >= 0.3 is 21.1 Å². The second-order valence-electron chi connectivity index (χ2n) is 16.4. The quantitative estimate of drug-likeness (QED) is 0.126. The summed E-state index contributed by atoms with van der Waals surface area (Å²) in [5.74, 6) is -1.04. The largest absolute Gasteiger partial charge is 0.444 e. The van der Waals surface area contributed by atoms with E-state index >= 15 is 0 Å². The fraction of sp³-hybridized carbons (Fsp3) is 0.538. The van der Waals surface area contributed by atoms with E-state index in [0.717, 1.165) is 4.90 Å². The zero-order valence-corrected chi connectivity index (χ0v) is 34.5. The highest BCUT2D eigenvalue weighted by Crippen LogP contribution is 2.44. The number of halogens is 7. The zero-order chi connectivity index (χ0) is 41.9. The van der Waals surface area contributed by atoms with Crippen LogP contribution in [0.4, 0.5) is 42.2 Å². The van der Waals surface area contributed by atoms with Crippen molar-refractivity contribution in [3.8, 4) is 11.1 Å². The average molecular weight is 831 g/mol. The number of aromatic nitrogens is 1. The summed E-state index contributed by atoms with van der Waals surface area (Å²) in [6.45, 7) is 13.5. The summed E-state index contributed by atoms with van der Waals surface area (Å²) in [6, 6.07) is 5.80. The van der Waals surface area contributed by atoms with Crippen LogP contribution in [0.25, 0.3) is 11.1 Å². The average Bonchev–Trinajstić information content (AvgIpc) is 3.09. The fourth-order valence-electron chi connectivity index (χ4n) is 7.75. The monoisotopic (exact) mass is 830 g/mol. The lowest BCUT2D eigenvalue weighted by molar-refractivity contribution is -0.143. The molecule has 0 radical (unpaired) electrons. The van der Waals surface area contributed by atoms with Crippen molar-refractivity contribution in [2.24, 2.45) is 0 Å². The van der Waals surface area contributed by atoms with E-state index < -0.39 is 76.9 Å². The number of anilines is 2. The van der Waals surface area contributed by atoms with Crippen molar-refractivity contribution in [1.29, 1.82) is 0 Å². The van der Waals surface area contributed by atoms with Gasteiger partial charge in [0, 0.05) is 37.8 Å². The summed E-state index contributed by atoms with van der Waals surface area (Å²) in [5, 5.41) is 8.69. The molecule has 3 atom stereocenters. The van der Waals surface area contributed by atoms with Gasteiger partial charge in [0.25, 0.3) is 0 Å². The lowest BCUT2D eigenvalue weighted by atomic mass is 9.81. The Hall–Kier alpha value is -3.54. The van der Waals surface area contributed by atoms with Gasteiger partial charge in [-0.15, -0.1) is 0 Å². The molecule has 17 heteroatoms. The summed E-state index contributed by atoms with van der Waals surface area (Å²) in [7, 11) is -2.83. The van der Waals surface area contributed by atoms with Crippen LogP contribution in [0, 0.1) is 12.7 Å². The van der Waals surface area contributed by atoms with Crippen LogP contribution in [-0.2, 0) is 32.4 Å². The van der Waals surface area contributed by atoms with Gasteiger partial charge in [-0.3, -0.25) is 9.69 Å². The minimum absolute atomic E-state index is 0.00824. The Labute approximate surface area is 325 Å². The number of fused-ring (bicyclic) bond motifs is 1. The first-order chi connectivity index (χ1) is 25.7. The predicted molar refractivity (Wildman–Crippen MR) is 206 cm³/mol. The lowest BCUT2D eigenvalue weighted by Gasteiger charge is -2.53. The molecule has 306 valence electrons. The van der Waals surface area contributed by atoms with E-state index in [1.807, 2.05) is 4.90 Å². The molecule has 3 heterocycles. The molecule has 0 aliphatic carbocycles. The maximum atomic E-state index is 14.4. The molecule has 2 aliphatic rings. The van der Waals surface area contributed by atoms with E-state index in [1.165, 1.54) is 45.3 Å². The molecular formula is C39H49F7N4O4SSi+2. The Morgan fingerprint density at radius 1 is 0.929 bits per heavy atom. The molecule has 2 N–H and O–H groups in total. The van der Waals surface area contributed by atoms with Gasteiger partial charge in [0.05, 0.1) is 58.1 Å². The van der Waals surface area contributed by atoms with E-state index in [1.54, 1.807) is 13.0 Å². The number of benzene rings is 2. The third-order valence-electron chi connectivity index (χ3n) is 11.7. The number of pyridine rings is 1. The number of carbonyl (C=O) groups is 1. The van der Waals surface area contributed by atoms with Crippen LogP contribution < -0.4 is 9.80 Å². The lowest BCUT2D eigenvalue weighted by Crippen LogP contribution is -2.69. The third-order valence-corrected chi connectivity index (χ3v) is 16.3. The second-order valence-corrected chi connectivity index (χ2v) is 22.0. The summed E-state index contributed by atoms with van der Waals surface area (Å²) >= 11 is 0. The van der Waals surface area contributed by atoms with Gasteiger partial charge in [0.2, 0.25) is 5.91 Å². The molecule has 1 amide bonds. The fourth-order valence-corrected chi connectivity index (χ4v) is 9.91. The Morgan fingerprint density at radius 3 is 2.05 bits per heavy atom. The van der Waals surface area contributed by atoms with Gasteiger partial charge in [0.1, 0.15) is 17.7 Å². The minimum Gasteiger partial charge on any atom is -0.444 e. The Kier molecular flexibility index (Phi) is 11.9. The Bertz CT molecular complexity index is 2040. The number of alkyl halides is 6. The van der Waals surface area contributed by atoms with Crippen LogP contribution >= 0.6 is 0 Å². The molecule has 2 fully saturated rings. The summed E-state index contributed by atoms with van der Waals surface area (Å²) in [6.07, 6.45) is -8.16. The second kappa shape index (κ2) is 15.3. The van der Waals surface area contributed by atoms with Crippen molar-refractivity contribution < 1.29 is 49.1 Å². The number of piperazine rings is 1. The number of nitrogens with zero attached hydrogens (tertiary/aromatic N) is 4. The van der Waals surface area contributed by atoms with E-state index in [4.69, 9.17) is 10.1 Å². The molecule has 3 aromatic rings. The normalized spacial score (nSPS) is 20.8. The first-order valence-corrected chi connectivity index (χ1v) is 22.5. The molecule has 2 aromatic carbocycles. The molecule has 0 bridgehead atoms. The van der Waals surface area contributed by atoms with Crippen LogP contribution in [0.15, 0.2) is 48.7 Å².